The molecule has 92 valence electrons. The topological polar surface area (TPSA) is 32.3 Å². The van der Waals surface area contributed by atoms with Crippen molar-refractivity contribution in [3.63, 3.8) is 0 Å². The van der Waals surface area contributed by atoms with Crippen molar-refractivity contribution in [2.45, 2.75) is 18.3 Å². The average Bonchev–Trinajstić information content (AvgIpc) is 2.25. The van der Waals surface area contributed by atoms with Gasteiger partial charge in [-0.1, -0.05) is 0 Å². The highest BCUT2D eigenvalue weighted by Crippen LogP contribution is 2.35. The van der Waals surface area contributed by atoms with Crippen molar-refractivity contribution < 1.29 is 13.2 Å². The molecule has 1 aromatic heterocycles. The number of halogens is 3. The van der Waals surface area contributed by atoms with Gasteiger partial charge in [0.05, 0.1) is 6.04 Å². The minimum absolute atomic E-state index is 0.189. The summed E-state index contributed by atoms with van der Waals surface area (Å²) in [6, 6.07) is 1.63. The van der Waals surface area contributed by atoms with E-state index < -0.39 is 11.9 Å². The van der Waals surface area contributed by atoms with Crippen LogP contribution in [0.5, 0.6) is 0 Å². The van der Waals surface area contributed by atoms with E-state index in [2.05, 4.69) is 14.9 Å². The summed E-state index contributed by atoms with van der Waals surface area (Å²) in [7, 11) is 2.01. The molecule has 2 unspecified atom stereocenters. The lowest BCUT2D eigenvalue weighted by molar-refractivity contribution is -0.141. The third-order valence-corrected chi connectivity index (χ3v) is 3.46. The van der Waals surface area contributed by atoms with Gasteiger partial charge < -0.3 is 4.90 Å². The minimum Gasteiger partial charge on any atom is -0.333 e. The summed E-state index contributed by atoms with van der Waals surface area (Å²) in [5.74, 6) is 0.189. The van der Waals surface area contributed by atoms with E-state index in [4.69, 9.17) is 0 Å². The number of nitrogens with zero attached hydrogens (tertiary/aromatic N) is 4. The van der Waals surface area contributed by atoms with Crippen molar-refractivity contribution in [1.29, 1.82) is 0 Å². The Morgan fingerprint density at radius 1 is 1.29 bits per heavy atom. The molecule has 4 nitrogen and oxygen atoms in total. The second kappa shape index (κ2) is 3.32. The van der Waals surface area contributed by atoms with E-state index in [9.17, 15) is 13.2 Å². The van der Waals surface area contributed by atoms with Gasteiger partial charge in [0.2, 0.25) is 5.95 Å². The maximum Gasteiger partial charge on any atom is 0.433 e. The summed E-state index contributed by atoms with van der Waals surface area (Å²) in [6.07, 6.45) is -3.24. The molecule has 7 heteroatoms. The molecule has 17 heavy (non-hydrogen) atoms. The second-order valence-corrected chi connectivity index (χ2v) is 4.47. The maximum absolute atomic E-state index is 12.5. The van der Waals surface area contributed by atoms with Crippen molar-refractivity contribution >= 4 is 5.95 Å². The first-order valence-corrected chi connectivity index (χ1v) is 5.34. The van der Waals surface area contributed by atoms with Gasteiger partial charge >= 0.3 is 6.18 Å². The summed E-state index contributed by atoms with van der Waals surface area (Å²) >= 11 is 0. The molecule has 1 aromatic rings. The highest BCUT2D eigenvalue weighted by Gasteiger charge is 2.51. The molecule has 0 radical (unpaired) electrons. The monoisotopic (exact) mass is 244 g/mol. The summed E-state index contributed by atoms with van der Waals surface area (Å²) < 4.78 is 37.5. The van der Waals surface area contributed by atoms with E-state index in [1.165, 1.54) is 6.20 Å². The van der Waals surface area contributed by atoms with E-state index in [0.29, 0.717) is 12.6 Å². The Kier molecular flexibility index (Phi) is 2.10. The third-order valence-electron chi connectivity index (χ3n) is 3.46. The Hall–Kier alpha value is -1.37. The van der Waals surface area contributed by atoms with Crippen LogP contribution in [0, 0.1) is 0 Å². The molecule has 3 heterocycles. The van der Waals surface area contributed by atoms with Gasteiger partial charge in [-0.3, -0.25) is 4.90 Å². The number of likely N-dealkylation sites (tertiary alicyclic amines) is 1. The Morgan fingerprint density at radius 3 is 2.59 bits per heavy atom. The molecule has 0 aromatic carbocycles. The summed E-state index contributed by atoms with van der Waals surface area (Å²) in [5, 5.41) is 0. The van der Waals surface area contributed by atoms with Crippen LogP contribution < -0.4 is 4.90 Å². The van der Waals surface area contributed by atoms with Gasteiger partial charge in [-0.2, -0.15) is 13.2 Å². The molecule has 0 N–H and O–H groups in total. The molecule has 0 spiro atoms. The van der Waals surface area contributed by atoms with Crippen LogP contribution in [0.2, 0.25) is 0 Å². The minimum atomic E-state index is -4.40. The van der Waals surface area contributed by atoms with Crippen LogP contribution in [0.25, 0.3) is 0 Å². The largest absolute Gasteiger partial charge is 0.433 e. The summed E-state index contributed by atoms with van der Waals surface area (Å²) in [6.45, 7) is 1.58. The molecule has 2 atom stereocenters. The Labute approximate surface area is 96.1 Å². The third kappa shape index (κ3) is 1.56. The number of fused-ring (bicyclic) bond motifs is 1. The first-order chi connectivity index (χ1) is 7.97. The fourth-order valence-electron chi connectivity index (χ4n) is 2.35. The fourth-order valence-corrected chi connectivity index (χ4v) is 2.35. The van der Waals surface area contributed by atoms with E-state index in [1.54, 1.807) is 0 Å². The SMILES string of the molecule is CN1CC2C1CN2c1nccc(C(F)(F)F)n1. The highest BCUT2D eigenvalue weighted by molar-refractivity contribution is 5.42. The zero-order chi connectivity index (χ0) is 12.2. The number of piperazine rings is 1. The van der Waals surface area contributed by atoms with Gasteiger partial charge in [0, 0.05) is 25.3 Å². The molecular formula is C10H11F3N4. The number of alkyl halides is 3. The molecule has 0 aliphatic carbocycles. The number of hydrogen-bond acceptors (Lipinski definition) is 4. The molecule has 3 rings (SSSR count). The zero-order valence-corrected chi connectivity index (χ0v) is 9.15. The van der Waals surface area contributed by atoms with Gasteiger partial charge in [0.15, 0.2) is 0 Å². The van der Waals surface area contributed by atoms with Crippen molar-refractivity contribution in [2.24, 2.45) is 0 Å². The van der Waals surface area contributed by atoms with Crippen LogP contribution in [0.3, 0.4) is 0 Å². The predicted octanol–water partition coefficient (Wildman–Crippen LogP) is 0.998. The molecule has 2 aliphatic rings. The van der Waals surface area contributed by atoms with Gasteiger partial charge in [-0.25, -0.2) is 9.97 Å². The quantitative estimate of drug-likeness (QED) is 0.737. The molecule has 2 fully saturated rings. The van der Waals surface area contributed by atoms with E-state index >= 15 is 0 Å². The van der Waals surface area contributed by atoms with E-state index in [1.807, 2.05) is 11.9 Å². The van der Waals surface area contributed by atoms with Crippen LogP contribution >= 0.6 is 0 Å². The number of likely N-dealkylation sites (N-methyl/N-ethyl adjacent to an activating group) is 1. The van der Waals surface area contributed by atoms with Gasteiger partial charge in [0.1, 0.15) is 5.69 Å². The maximum atomic E-state index is 12.5. The number of hydrogen-bond donors (Lipinski definition) is 0. The Bertz CT molecular complexity index is 447. The fraction of sp³-hybridized carbons (Fsp3) is 0.600. The molecular weight excluding hydrogens is 233 g/mol. The first kappa shape index (κ1) is 10.8. The van der Waals surface area contributed by atoms with Crippen molar-refractivity contribution in [1.82, 2.24) is 14.9 Å². The van der Waals surface area contributed by atoms with E-state index in [-0.39, 0.29) is 12.0 Å². The Morgan fingerprint density at radius 2 is 2.06 bits per heavy atom. The molecule has 2 aliphatic heterocycles. The lowest BCUT2D eigenvalue weighted by atomic mass is 9.87. The lowest BCUT2D eigenvalue weighted by Gasteiger charge is -2.60. The van der Waals surface area contributed by atoms with Crippen molar-refractivity contribution in [2.75, 3.05) is 25.0 Å². The molecule has 0 amide bonds. The molecule has 2 saturated heterocycles. The highest BCUT2D eigenvalue weighted by atomic mass is 19.4. The number of anilines is 1. The van der Waals surface area contributed by atoms with Crippen LogP contribution in [-0.2, 0) is 6.18 Å². The number of aromatic nitrogens is 2. The standard InChI is InChI=1S/C10H11F3N4/c1-16-4-7-6(16)5-17(7)9-14-3-2-8(15-9)10(11,12)13/h2-3,6-7H,4-5H2,1H3. The first-order valence-electron chi connectivity index (χ1n) is 5.34. The lowest BCUT2D eigenvalue weighted by Crippen LogP contribution is -2.78. The van der Waals surface area contributed by atoms with Crippen LogP contribution in [0.1, 0.15) is 5.69 Å². The Balaban J connectivity index is 1.81. The van der Waals surface area contributed by atoms with Crippen LogP contribution in [0.15, 0.2) is 12.3 Å². The zero-order valence-electron chi connectivity index (χ0n) is 9.15. The van der Waals surface area contributed by atoms with E-state index in [0.717, 1.165) is 12.6 Å². The van der Waals surface area contributed by atoms with Gasteiger partial charge in [-0.15, -0.1) is 0 Å². The van der Waals surface area contributed by atoms with Crippen LogP contribution in [0.4, 0.5) is 19.1 Å². The summed E-state index contributed by atoms with van der Waals surface area (Å²) in [5.41, 5.74) is -0.876. The smallest absolute Gasteiger partial charge is 0.333 e. The molecule has 0 saturated carbocycles. The van der Waals surface area contributed by atoms with Gasteiger partial charge in [0.25, 0.3) is 0 Å². The molecule has 0 bridgehead atoms. The van der Waals surface area contributed by atoms with Crippen molar-refractivity contribution in [3.05, 3.63) is 18.0 Å². The van der Waals surface area contributed by atoms with Crippen LogP contribution in [-0.4, -0.2) is 47.1 Å². The summed E-state index contributed by atoms with van der Waals surface area (Å²) in [4.78, 5) is 11.5. The average molecular weight is 244 g/mol. The second-order valence-electron chi connectivity index (χ2n) is 4.47. The number of rotatable bonds is 1. The predicted molar refractivity (Wildman–Crippen MR) is 54.6 cm³/mol. The van der Waals surface area contributed by atoms with Crippen molar-refractivity contribution in [3.8, 4) is 0 Å². The normalized spacial score (nSPS) is 28.4. The van der Waals surface area contributed by atoms with Gasteiger partial charge in [-0.05, 0) is 13.1 Å².